The van der Waals surface area contributed by atoms with Crippen LogP contribution in [0.5, 0.6) is 0 Å². The average Bonchev–Trinajstić information content (AvgIpc) is 2.90. The number of hydrogen-bond acceptors (Lipinski definition) is 4. The number of rotatable bonds is 7. The van der Waals surface area contributed by atoms with Crippen molar-refractivity contribution in [3.8, 4) is 0 Å². The van der Waals surface area contributed by atoms with Gasteiger partial charge in [0.15, 0.2) is 0 Å². The minimum Gasteiger partial charge on any atom is -0.379 e. The van der Waals surface area contributed by atoms with Gasteiger partial charge in [0.1, 0.15) is 0 Å². The number of halogens is 1. The number of thiophene rings is 1. The Balaban J connectivity index is 1.88. The first-order valence-corrected chi connectivity index (χ1v) is 9.47. The number of nitrogens with one attached hydrogen (secondary N) is 1. The molecule has 3 nitrogen and oxygen atoms in total. The predicted molar refractivity (Wildman–Crippen MR) is 94.1 cm³/mol. The van der Waals surface area contributed by atoms with Gasteiger partial charge in [-0.15, -0.1) is 11.3 Å². The second-order valence-corrected chi connectivity index (χ2v) is 8.70. The summed E-state index contributed by atoms with van der Waals surface area (Å²) in [6.07, 6.45) is 1.24. The van der Waals surface area contributed by atoms with Gasteiger partial charge in [-0.2, -0.15) is 0 Å². The molecule has 0 bridgehead atoms. The molecular formula is C16H27BrN2OS. The summed E-state index contributed by atoms with van der Waals surface area (Å²) in [6.45, 7) is 11.8. The quantitative estimate of drug-likeness (QED) is 0.782. The molecule has 2 unspecified atom stereocenters. The fourth-order valence-electron chi connectivity index (χ4n) is 2.82. The van der Waals surface area contributed by atoms with Crippen molar-refractivity contribution < 1.29 is 4.74 Å². The summed E-state index contributed by atoms with van der Waals surface area (Å²) in [5.74, 6) is 0.728. The largest absolute Gasteiger partial charge is 0.379 e. The smallest absolute Gasteiger partial charge is 0.0701 e. The minimum atomic E-state index is 0.414. The molecule has 0 aromatic carbocycles. The first-order valence-electron chi connectivity index (χ1n) is 7.86. The molecular weight excluding hydrogens is 348 g/mol. The molecule has 1 aliphatic heterocycles. The summed E-state index contributed by atoms with van der Waals surface area (Å²) in [5.41, 5.74) is 0. The molecule has 21 heavy (non-hydrogen) atoms. The summed E-state index contributed by atoms with van der Waals surface area (Å²) < 4.78 is 6.69. The van der Waals surface area contributed by atoms with Crippen molar-refractivity contribution in [2.75, 3.05) is 32.8 Å². The van der Waals surface area contributed by atoms with Gasteiger partial charge in [-0.05, 0) is 47.3 Å². The fraction of sp³-hybridized carbons (Fsp3) is 0.750. The Bertz CT molecular complexity index is 418. The van der Waals surface area contributed by atoms with E-state index in [1.54, 1.807) is 0 Å². The number of morpholine rings is 1. The number of hydrogen-bond donors (Lipinski definition) is 1. The third kappa shape index (κ3) is 5.64. The van der Waals surface area contributed by atoms with E-state index < -0.39 is 0 Å². The van der Waals surface area contributed by atoms with Gasteiger partial charge in [-0.25, -0.2) is 0 Å². The van der Waals surface area contributed by atoms with E-state index in [0.29, 0.717) is 12.1 Å². The van der Waals surface area contributed by atoms with E-state index in [9.17, 15) is 0 Å². The SMILES string of the molecule is CC(C)CC(CNC(C)c1ccc(Br)s1)N1CCOCC1. The van der Waals surface area contributed by atoms with Gasteiger partial charge in [0.25, 0.3) is 0 Å². The van der Waals surface area contributed by atoms with Gasteiger partial charge in [-0.3, -0.25) is 4.90 Å². The Labute approximate surface area is 141 Å². The van der Waals surface area contributed by atoms with E-state index in [4.69, 9.17) is 4.74 Å². The molecule has 2 heterocycles. The second-order valence-electron chi connectivity index (χ2n) is 6.20. The number of nitrogens with zero attached hydrogens (tertiary/aromatic N) is 1. The molecule has 5 heteroatoms. The summed E-state index contributed by atoms with van der Waals surface area (Å²) >= 11 is 5.36. The van der Waals surface area contributed by atoms with Crippen molar-refractivity contribution in [3.63, 3.8) is 0 Å². The van der Waals surface area contributed by atoms with Crippen LogP contribution < -0.4 is 5.32 Å². The molecule has 0 spiro atoms. The standard InChI is InChI=1S/C16H27BrN2OS/c1-12(2)10-14(19-6-8-20-9-7-19)11-18-13(3)15-4-5-16(17)21-15/h4-5,12-14,18H,6-11H2,1-3H3. The normalized spacial score (nSPS) is 19.9. The zero-order chi connectivity index (χ0) is 15.2. The molecule has 1 aromatic heterocycles. The molecule has 2 atom stereocenters. The van der Waals surface area contributed by atoms with Crippen LogP contribution in [0.3, 0.4) is 0 Å². The highest BCUT2D eigenvalue weighted by molar-refractivity contribution is 9.11. The predicted octanol–water partition coefficient (Wildman–Crippen LogP) is 3.91. The molecule has 0 radical (unpaired) electrons. The lowest BCUT2D eigenvalue weighted by molar-refractivity contribution is 0.0119. The van der Waals surface area contributed by atoms with Crippen LogP contribution in [-0.2, 0) is 4.74 Å². The Morgan fingerprint density at radius 2 is 2.00 bits per heavy atom. The van der Waals surface area contributed by atoms with Gasteiger partial charge in [0.05, 0.1) is 17.0 Å². The molecule has 0 amide bonds. The topological polar surface area (TPSA) is 24.5 Å². The maximum absolute atomic E-state index is 5.49. The monoisotopic (exact) mass is 374 g/mol. The highest BCUT2D eigenvalue weighted by atomic mass is 79.9. The third-order valence-corrected chi connectivity index (χ3v) is 5.79. The van der Waals surface area contributed by atoms with E-state index in [1.807, 2.05) is 11.3 Å². The summed E-state index contributed by atoms with van der Waals surface area (Å²) in [7, 11) is 0. The molecule has 2 rings (SSSR count). The maximum Gasteiger partial charge on any atom is 0.0701 e. The molecule has 0 aliphatic carbocycles. The molecule has 1 aliphatic rings. The number of ether oxygens (including phenoxy) is 1. The van der Waals surface area contributed by atoms with Gasteiger partial charge < -0.3 is 10.1 Å². The van der Waals surface area contributed by atoms with Crippen LogP contribution in [0.2, 0.25) is 0 Å². The van der Waals surface area contributed by atoms with Crippen molar-refractivity contribution in [2.24, 2.45) is 5.92 Å². The van der Waals surface area contributed by atoms with Crippen molar-refractivity contribution in [3.05, 3.63) is 20.8 Å². The van der Waals surface area contributed by atoms with E-state index in [0.717, 1.165) is 38.8 Å². The molecule has 1 fully saturated rings. The lowest BCUT2D eigenvalue weighted by atomic mass is 10.0. The molecule has 1 N–H and O–H groups in total. The van der Waals surface area contributed by atoms with Gasteiger partial charge in [0.2, 0.25) is 0 Å². The second kappa shape index (κ2) is 8.63. The Kier molecular flexibility index (Phi) is 7.16. The van der Waals surface area contributed by atoms with Crippen LogP contribution in [0.15, 0.2) is 15.9 Å². The van der Waals surface area contributed by atoms with Crippen molar-refractivity contribution in [1.29, 1.82) is 0 Å². The Hall–Kier alpha value is 0.0600. The lowest BCUT2D eigenvalue weighted by Gasteiger charge is -2.36. The maximum atomic E-state index is 5.49. The zero-order valence-electron chi connectivity index (χ0n) is 13.3. The molecule has 120 valence electrons. The highest BCUT2D eigenvalue weighted by Gasteiger charge is 2.22. The lowest BCUT2D eigenvalue weighted by Crippen LogP contribution is -2.48. The van der Waals surface area contributed by atoms with E-state index in [1.165, 1.54) is 15.1 Å². The third-order valence-electron chi connectivity index (χ3n) is 3.99. The summed E-state index contributed by atoms with van der Waals surface area (Å²) in [6, 6.07) is 5.36. The van der Waals surface area contributed by atoms with Crippen LogP contribution in [0.25, 0.3) is 0 Å². The van der Waals surface area contributed by atoms with E-state index in [-0.39, 0.29) is 0 Å². The minimum absolute atomic E-state index is 0.414. The zero-order valence-corrected chi connectivity index (χ0v) is 15.7. The van der Waals surface area contributed by atoms with E-state index in [2.05, 4.69) is 59.1 Å². The molecule has 0 saturated carbocycles. The molecule has 1 aromatic rings. The summed E-state index contributed by atoms with van der Waals surface area (Å²) in [4.78, 5) is 3.99. The average molecular weight is 375 g/mol. The fourth-order valence-corrected chi connectivity index (χ4v) is 4.27. The first-order chi connectivity index (χ1) is 10.1. The Morgan fingerprint density at radius 1 is 1.29 bits per heavy atom. The van der Waals surface area contributed by atoms with Crippen molar-refractivity contribution in [2.45, 2.75) is 39.3 Å². The molecule has 1 saturated heterocycles. The van der Waals surface area contributed by atoms with Crippen LogP contribution in [-0.4, -0.2) is 43.8 Å². The van der Waals surface area contributed by atoms with Crippen LogP contribution in [0.1, 0.15) is 38.1 Å². The van der Waals surface area contributed by atoms with Crippen LogP contribution in [0, 0.1) is 5.92 Å². The van der Waals surface area contributed by atoms with Crippen LogP contribution in [0.4, 0.5) is 0 Å². The highest BCUT2D eigenvalue weighted by Crippen LogP contribution is 2.27. The first kappa shape index (κ1) is 17.4. The van der Waals surface area contributed by atoms with Gasteiger partial charge in [0, 0.05) is 36.6 Å². The van der Waals surface area contributed by atoms with Crippen LogP contribution >= 0.6 is 27.3 Å². The van der Waals surface area contributed by atoms with Crippen molar-refractivity contribution in [1.82, 2.24) is 10.2 Å². The summed E-state index contributed by atoms with van der Waals surface area (Å²) in [5, 5.41) is 3.72. The van der Waals surface area contributed by atoms with Crippen molar-refractivity contribution >= 4 is 27.3 Å². The van der Waals surface area contributed by atoms with E-state index >= 15 is 0 Å². The van der Waals surface area contributed by atoms with Gasteiger partial charge in [-0.1, -0.05) is 13.8 Å². The van der Waals surface area contributed by atoms with Gasteiger partial charge >= 0.3 is 0 Å². The Morgan fingerprint density at radius 3 is 2.57 bits per heavy atom.